The highest BCUT2D eigenvalue weighted by Crippen LogP contribution is 2.04. The van der Waals surface area contributed by atoms with Crippen molar-refractivity contribution in [2.75, 3.05) is 19.7 Å². The van der Waals surface area contributed by atoms with Crippen molar-refractivity contribution in [3.8, 4) is 0 Å². The van der Waals surface area contributed by atoms with Crippen LogP contribution in [-0.4, -0.2) is 36.5 Å². The van der Waals surface area contributed by atoms with E-state index in [1.54, 1.807) is 0 Å². The summed E-state index contributed by atoms with van der Waals surface area (Å²) in [5.74, 6) is 0.178. The largest absolute Gasteiger partial charge is 0.466 e. The zero-order valence-electron chi connectivity index (χ0n) is 13.2. The Balaban J connectivity index is 3.80. The summed E-state index contributed by atoms with van der Waals surface area (Å²) in [6, 6.07) is 0. The van der Waals surface area contributed by atoms with Gasteiger partial charge in [0.05, 0.1) is 6.61 Å². The van der Waals surface area contributed by atoms with Gasteiger partial charge in [-0.2, -0.15) is 0 Å². The fourth-order valence-electron chi connectivity index (χ4n) is 1.79. The lowest BCUT2D eigenvalue weighted by Crippen LogP contribution is -2.31. The average Bonchev–Trinajstić information content (AvgIpc) is 2.40. The highest BCUT2D eigenvalue weighted by atomic mass is 16.5. The summed E-state index contributed by atoms with van der Waals surface area (Å²) in [5.41, 5.74) is 0. The third-order valence-electron chi connectivity index (χ3n) is 2.93. The van der Waals surface area contributed by atoms with Gasteiger partial charge in [-0.15, -0.1) is 0 Å². The number of carbonyl (C=O) groups is 2. The smallest absolute Gasteiger partial charge is 0.306 e. The number of nitrogens with zero attached hydrogens (tertiary/aromatic N) is 1. The highest BCUT2D eigenvalue weighted by molar-refractivity contribution is 5.86. The predicted molar refractivity (Wildman–Crippen MR) is 81.3 cm³/mol. The quantitative estimate of drug-likeness (QED) is 0.332. The molecule has 20 heavy (non-hydrogen) atoms. The van der Waals surface area contributed by atoms with Crippen molar-refractivity contribution in [1.82, 2.24) is 4.90 Å². The molecule has 0 N–H and O–H groups in total. The van der Waals surface area contributed by atoms with Gasteiger partial charge in [0.2, 0.25) is 5.91 Å². The van der Waals surface area contributed by atoms with Crippen LogP contribution in [0.5, 0.6) is 0 Å². The van der Waals surface area contributed by atoms with Crippen molar-refractivity contribution in [3.63, 3.8) is 0 Å². The van der Waals surface area contributed by atoms with Crippen LogP contribution in [0.1, 0.15) is 52.9 Å². The van der Waals surface area contributed by atoms with Crippen molar-refractivity contribution >= 4 is 11.9 Å². The van der Waals surface area contributed by atoms with Crippen LogP contribution in [-0.2, 0) is 14.3 Å². The van der Waals surface area contributed by atoms with Crippen molar-refractivity contribution in [2.45, 2.75) is 52.9 Å². The third kappa shape index (κ3) is 9.59. The first-order valence-corrected chi connectivity index (χ1v) is 7.58. The van der Waals surface area contributed by atoms with E-state index in [0.29, 0.717) is 25.5 Å². The van der Waals surface area contributed by atoms with Gasteiger partial charge in [0.25, 0.3) is 0 Å². The minimum Gasteiger partial charge on any atom is -0.466 e. The van der Waals surface area contributed by atoms with Gasteiger partial charge in [-0.3, -0.25) is 9.59 Å². The van der Waals surface area contributed by atoms with Crippen LogP contribution >= 0.6 is 0 Å². The first kappa shape index (κ1) is 18.7. The molecule has 0 saturated carbocycles. The average molecular weight is 283 g/mol. The molecular formula is C16H29NO3. The number of esters is 1. The van der Waals surface area contributed by atoms with Gasteiger partial charge in [0.15, 0.2) is 0 Å². The van der Waals surface area contributed by atoms with E-state index in [2.05, 4.69) is 13.5 Å². The minimum absolute atomic E-state index is 0.0183. The first-order chi connectivity index (χ1) is 9.51. The molecule has 0 aliphatic carbocycles. The van der Waals surface area contributed by atoms with Crippen LogP contribution in [0.3, 0.4) is 0 Å². The normalized spacial score (nSPS) is 10.4. The maximum absolute atomic E-state index is 11.6. The van der Waals surface area contributed by atoms with Crippen LogP contribution in [0.4, 0.5) is 0 Å². The van der Waals surface area contributed by atoms with Crippen LogP contribution in [0, 0.1) is 5.92 Å². The van der Waals surface area contributed by atoms with Crippen molar-refractivity contribution < 1.29 is 14.3 Å². The standard InChI is InChI=1S/C16H29NO3/c1-5-7-10-17(15(18)6-2)11-8-9-12-20-16(19)13-14(3)4/h6,14H,2,5,7-13H2,1,3-4H3. The number of hydrogen-bond donors (Lipinski definition) is 0. The maximum Gasteiger partial charge on any atom is 0.306 e. The Morgan fingerprint density at radius 2 is 1.85 bits per heavy atom. The Morgan fingerprint density at radius 3 is 2.40 bits per heavy atom. The number of ether oxygens (including phenoxy) is 1. The Labute approximate surface area is 123 Å². The number of carbonyl (C=O) groups excluding carboxylic acids is 2. The molecule has 0 rings (SSSR count). The molecule has 0 heterocycles. The Kier molecular flexibility index (Phi) is 10.7. The lowest BCUT2D eigenvalue weighted by Gasteiger charge is -2.20. The van der Waals surface area contributed by atoms with Crippen LogP contribution < -0.4 is 0 Å². The maximum atomic E-state index is 11.6. The summed E-state index contributed by atoms with van der Waals surface area (Å²) in [7, 11) is 0. The summed E-state index contributed by atoms with van der Waals surface area (Å²) in [5, 5.41) is 0. The van der Waals surface area contributed by atoms with Gasteiger partial charge in [-0.05, 0) is 31.3 Å². The molecule has 0 aromatic carbocycles. The molecule has 0 radical (unpaired) electrons. The topological polar surface area (TPSA) is 46.6 Å². The zero-order chi connectivity index (χ0) is 15.4. The summed E-state index contributed by atoms with van der Waals surface area (Å²) < 4.78 is 5.14. The molecule has 0 unspecified atom stereocenters. The monoisotopic (exact) mass is 283 g/mol. The number of unbranched alkanes of at least 4 members (excludes halogenated alkanes) is 2. The van der Waals surface area contributed by atoms with Gasteiger partial charge in [-0.25, -0.2) is 0 Å². The highest BCUT2D eigenvalue weighted by Gasteiger charge is 2.09. The molecule has 0 atom stereocenters. The number of hydrogen-bond acceptors (Lipinski definition) is 3. The molecule has 0 aliphatic heterocycles. The summed E-state index contributed by atoms with van der Waals surface area (Å²) in [6.45, 7) is 11.5. The second-order valence-corrected chi connectivity index (χ2v) is 5.41. The second-order valence-electron chi connectivity index (χ2n) is 5.41. The van der Waals surface area contributed by atoms with E-state index in [4.69, 9.17) is 4.74 Å². The van der Waals surface area contributed by atoms with E-state index in [0.717, 1.165) is 32.2 Å². The number of rotatable bonds is 11. The third-order valence-corrected chi connectivity index (χ3v) is 2.93. The van der Waals surface area contributed by atoms with E-state index in [9.17, 15) is 9.59 Å². The fraction of sp³-hybridized carbons (Fsp3) is 0.750. The van der Waals surface area contributed by atoms with Crippen molar-refractivity contribution in [1.29, 1.82) is 0 Å². The van der Waals surface area contributed by atoms with Crippen LogP contribution in [0.2, 0.25) is 0 Å². The van der Waals surface area contributed by atoms with E-state index in [1.165, 1.54) is 6.08 Å². The SMILES string of the molecule is C=CC(=O)N(CCCC)CCCCOC(=O)CC(C)C. The number of amides is 1. The molecule has 4 nitrogen and oxygen atoms in total. The minimum atomic E-state index is -0.134. The first-order valence-electron chi connectivity index (χ1n) is 7.58. The zero-order valence-corrected chi connectivity index (χ0v) is 13.2. The molecule has 4 heteroatoms. The molecule has 0 aliphatic rings. The van der Waals surface area contributed by atoms with Gasteiger partial charge in [0, 0.05) is 19.5 Å². The molecular weight excluding hydrogens is 254 g/mol. The fourth-order valence-corrected chi connectivity index (χ4v) is 1.79. The summed E-state index contributed by atoms with van der Waals surface area (Å²) in [4.78, 5) is 24.8. The Morgan fingerprint density at radius 1 is 1.20 bits per heavy atom. The van der Waals surface area contributed by atoms with Gasteiger partial charge >= 0.3 is 5.97 Å². The van der Waals surface area contributed by atoms with E-state index in [1.807, 2.05) is 18.7 Å². The molecule has 0 fully saturated rings. The summed E-state index contributed by atoms with van der Waals surface area (Å²) in [6.07, 6.45) is 5.53. The molecule has 0 spiro atoms. The van der Waals surface area contributed by atoms with E-state index >= 15 is 0 Å². The lowest BCUT2D eigenvalue weighted by atomic mass is 10.1. The molecule has 116 valence electrons. The predicted octanol–water partition coefficient (Wildman–Crippen LogP) is 3.17. The summed E-state index contributed by atoms with van der Waals surface area (Å²) >= 11 is 0. The Bertz CT molecular complexity index is 300. The van der Waals surface area contributed by atoms with Crippen LogP contribution in [0.15, 0.2) is 12.7 Å². The van der Waals surface area contributed by atoms with E-state index in [-0.39, 0.29) is 11.9 Å². The molecule has 0 aromatic rings. The molecule has 0 saturated heterocycles. The van der Waals surface area contributed by atoms with Crippen LogP contribution in [0.25, 0.3) is 0 Å². The van der Waals surface area contributed by atoms with Gasteiger partial charge < -0.3 is 9.64 Å². The van der Waals surface area contributed by atoms with Gasteiger partial charge in [-0.1, -0.05) is 33.8 Å². The van der Waals surface area contributed by atoms with Gasteiger partial charge in [0.1, 0.15) is 0 Å². The second kappa shape index (κ2) is 11.5. The molecule has 1 amide bonds. The Hall–Kier alpha value is -1.32. The van der Waals surface area contributed by atoms with Crippen molar-refractivity contribution in [2.24, 2.45) is 5.92 Å². The lowest BCUT2D eigenvalue weighted by molar-refractivity contribution is -0.144. The molecule has 0 bridgehead atoms. The molecule has 0 aromatic heterocycles. The van der Waals surface area contributed by atoms with E-state index < -0.39 is 0 Å². The van der Waals surface area contributed by atoms with Crippen molar-refractivity contribution in [3.05, 3.63) is 12.7 Å².